The first kappa shape index (κ1) is 15.5. The van der Waals surface area contributed by atoms with Gasteiger partial charge in [-0.2, -0.15) is 0 Å². The average Bonchev–Trinajstić information content (AvgIpc) is 2.79. The highest BCUT2D eigenvalue weighted by molar-refractivity contribution is 5.82. The standard InChI is InChI=1S/C21H28O2/c1-4-21(23)10-8-18-19-13(2)11-14-12-15(22)5-6-16(14)17(19)7-9-20(18,21)3/h1,13,17-19,23H,5-12H2,2-3H3/t13-,17-,18+,19?,20?,21+/m1/s1. The molecule has 0 radical (unpaired) electrons. The first-order chi connectivity index (χ1) is 10.9. The first-order valence-corrected chi connectivity index (χ1v) is 9.32. The highest BCUT2D eigenvalue weighted by Gasteiger charge is 2.62. The van der Waals surface area contributed by atoms with E-state index in [0.717, 1.165) is 44.9 Å². The largest absolute Gasteiger partial charge is 0.377 e. The van der Waals surface area contributed by atoms with Crippen LogP contribution in [0.5, 0.6) is 0 Å². The number of hydrogen-bond acceptors (Lipinski definition) is 2. The normalized spacial score (nSPS) is 49.2. The summed E-state index contributed by atoms with van der Waals surface area (Å²) >= 11 is 0. The van der Waals surface area contributed by atoms with Gasteiger partial charge in [-0.05, 0) is 62.2 Å². The van der Waals surface area contributed by atoms with Crippen molar-refractivity contribution < 1.29 is 9.90 Å². The molecular weight excluding hydrogens is 284 g/mol. The zero-order valence-electron chi connectivity index (χ0n) is 14.4. The fourth-order valence-electron chi connectivity index (χ4n) is 6.72. The molecule has 0 aromatic carbocycles. The number of allylic oxidation sites excluding steroid dienone is 2. The summed E-state index contributed by atoms with van der Waals surface area (Å²) in [6.07, 6.45) is 13.2. The Kier molecular flexibility index (Phi) is 3.34. The summed E-state index contributed by atoms with van der Waals surface area (Å²) in [5.41, 5.74) is 2.04. The van der Waals surface area contributed by atoms with Gasteiger partial charge in [-0.15, -0.1) is 6.42 Å². The molecule has 2 unspecified atom stereocenters. The highest BCUT2D eigenvalue weighted by Crippen LogP contribution is 2.65. The van der Waals surface area contributed by atoms with Crippen LogP contribution < -0.4 is 0 Å². The quantitative estimate of drug-likeness (QED) is 0.544. The molecule has 124 valence electrons. The average molecular weight is 312 g/mol. The number of hydrogen-bond donors (Lipinski definition) is 1. The molecule has 2 saturated carbocycles. The Morgan fingerprint density at radius 3 is 2.78 bits per heavy atom. The summed E-state index contributed by atoms with van der Waals surface area (Å²) in [5.74, 6) is 5.60. The molecule has 0 spiro atoms. The SMILES string of the molecule is C#C[C@]1(O)CC[C@H]2C3[C@H](C)CC4=C(CCC(=O)C4)[C@H]3CCC21C. The summed E-state index contributed by atoms with van der Waals surface area (Å²) in [4.78, 5) is 11.9. The van der Waals surface area contributed by atoms with Crippen molar-refractivity contribution in [2.75, 3.05) is 0 Å². The lowest BCUT2D eigenvalue weighted by Crippen LogP contribution is -2.52. The monoisotopic (exact) mass is 312 g/mol. The van der Waals surface area contributed by atoms with Crippen molar-refractivity contribution in [1.29, 1.82) is 0 Å². The van der Waals surface area contributed by atoms with Gasteiger partial charge in [-0.1, -0.05) is 30.9 Å². The predicted octanol–water partition coefficient (Wildman–Crippen LogP) is 3.88. The van der Waals surface area contributed by atoms with Gasteiger partial charge in [0.2, 0.25) is 0 Å². The Hall–Kier alpha value is -1.07. The van der Waals surface area contributed by atoms with Gasteiger partial charge in [-0.25, -0.2) is 0 Å². The number of rotatable bonds is 0. The van der Waals surface area contributed by atoms with Crippen molar-refractivity contribution in [3.05, 3.63) is 11.1 Å². The van der Waals surface area contributed by atoms with E-state index in [1.807, 2.05) is 0 Å². The van der Waals surface area contributed by atoms with Gasteiger partial charge in [-0.3, -0.25) is 4.79 Å². The lowest BCUT2D eigenvalue weighted by Gasteiger charge is -2.55. The third-order valence-electron chi connectivity index (χ3n) is 7.93. The van der Waals surface area contributed by atoms with Gasteiger partial charge >= 0.3 is 0 Å². The second kappa shape index (κ2) is 4.96. The molecule has 6 atom stereocenters. The summed E-state index contributed by atoms with van der Waals surface area (Å²) < 4.78 is 0. The third kappa shape index (κ3) is 1.96. The number of carbonyl (C=O) groups is 1. The smallest absolute Gasteiger partial charge is 0.137 e. The molecule has 0 heterocycles. The maximum atomic E-state index is 11.9. The molecule has 4 aliphatic rings. The van der Waals surface area contributed by atoms with Crippen LogP contribution in [0.1, 0.15) is 65.2 Å². The molecule has 0 aliphatic heterocycles. The van der Waals surface area contributed by atoms with E-state index >= 15 is 0 Å². The van der Waals surface area contributed by atoms with Gasteiger partial charge in [0.1, 0.15) is 11.4 Å². The summed E-state index contributed by atoms with van der Waals surface area (Å²) in [5, 5.41) is 11.0. The van der Waals surface area contributed by atoms with E-state index in [9.17, 15) is 9.90 Å². The van der Waals surface area contributed by atoms with Crippen LogP contribution in [0.25, 0.3) is 0 Å². The minimum Gasteiger partial charge on any atom is -0.377 e. The third-order valence-corrected chi connectivity index (χ3v) is 7.93. The second-order valence-electron chi connectivity index (χ2n) is 8.82. The maximum Gasteiger partial charge on any atom is 0.137 e. The molecule has 0 aromatic heterocycles. The molecule has 4 aliphatic carbocycles. The number of Topliss-reactive ketones (excluding diaryl/α,β-unsaturated/α-hetero) is 1. The lowest BCUT2D eigenvalue weighted by molar-refractivity contribution is -0.119. The minimum atomic E-state index is -0.917. The highest BCUT2D eigenvalue weighted by atomic mass is 16.3. The van der Waals surface area contributed by atoms with E-state index in [-0.39, 0.29) is 5.41 Å². The Morgan fingerprint density at radius 1 is 1.26 bits per heavy atom. The van der Waals surface area contributed by atoms with Crippen LogP contribution in [0, 0.1) is 41.4 Å². The van der Waals surface area contributed by atoms with E-state index in [0.29, 0.717) is 35.9 Å². The summed E-state index contributed by atoms with van der Waals surface area (Å²) in [7, 11) is 0. The van der Waals surface area contributed by atoms with Crippen molar-refractivity contribution in [2.24, 2.45) is 29.1 Å². The number of carbonyl (C=O) groups excluding carboxylic acids is 1. The zero-order chi connectivity index (χ0) is 16.4. The molecule has 4 rings (SSSR count). The zero-order valence-corrected chi connectivity index (χ0v) is 14.4. The molecule has 0 saturated heterocycles. The Morgan fingerprint density at radius 2 is 2.04 bits per heavy atom. The van der Waals surface area contributed by atoms with Gasteiger partial charge in [0.25, 0.3) is 0 Å². The fraction of sp³-hybridized carbons (Fsp3) is 0.762. The van der Waals surface area contributed by atoms with Gasteiger partial charge in [0.05, 0.1) is 0 Å². The topological polar surface area (TPSA) is 37.3 Å². The molecule has 0 aromatic rings. The van der Waals surface area contributed by atoms with Crippen molar-refractivity contribution in [2.45, 2.75) is 70.8 Å². The first-order valence-electron chi connectivity index (χ1n) is 9.32. The van der Waals surface area contributed by atoms with E-state index in [4.69, 9.17) is 6.42 Å². The molecule has 23 heavy (non-hydrogen) atoms. The van der Waals surface area contributed by atoms with Crippen molar-refractivity contribution in [1.82, 2.24) is 0 Å². The molecule has 2 fully saturated rings. The van der Waals surface area contributed by atoms with Crippen LogP contribution in [-0.4, -0.2) is 16.5 Å². The number of ketones is 1. The van der Waals surface area contributed by atoms with Crippen LogP contribution >= 0.6 is 0 Å². The van der Waals surface area contributed by atoms with Crippen molar-refractivity contribution in [3.63, 3.8) is 0 Å². The van der Waals surface area contributed by atoms with Gasteiger partial charge < -0.3 is 5.11 Å². The number of terminal acetylenes is 1. The van der Waals surface area contributed by atoms with Crippen molar-refractivity contribution >= 4 is 5.78 Å². The molecule has 2 heteroatoms. The summed E-state index contributed by atoms with van der Waals surface area (Å²) in [6.45, 7) is 4.60. The van der Waals surface area contributed by atoms with Crippen LogP contribution in [0.3, 0.4) is 0 Å². The van der Waals surface area contributed by atoms with Crippen molar-refractivity contribution in [3.8, 4) is 12.3 Å². The molecule has 0 amide bonds. The van der Waals surface area contributed by atoms with Gasteiger partial charge in [0.15, 0.2) is 0 Å². The Bertz CT molecular complexity index is 624. The van der Waals surface area contributed by atoms with Crippen LogP contribution in [0.2, 0.25) is 0 Å². The summed E-state index contributed by atoms with van der Waals surface area (Å²) in [6, 6.07) is 0. The Balaban J connectivity index is 1.72. The molecular formula is C21H28O2. The van der Waals surface area contributed by atoms with E-state index in [2.05, 4.69) is 19.8 Å². The van der Waals surface area contributed by atoms with E-state index in [1.165, 1.54) is 5.57 Å². The fourth-order valence-corrected chi connectivity index (χ4v) is 6.72. The minimum absolute atomic E-state index is 0.125. The van der Waals surface area contributed by atoms with Crippen LogP contribution in [0.4, 0.5) is 0 Å². The molecule has 0 bridgehead atoms. The molecule has 1 N–H and O–H groups in total. The van der Waals surface area contributed by atoms with Crippen LogP contribution in [0.15, 0.2) is 11.1 Å². The van der Waals surface area contributed by atoms with E-state index < -0.39 is 5.60 Å². The predicted molar refractivity (Wildman–Crippen MR) is 90.5 cm³/mol. The number of aliphatic hydroxyl groups is 1. The van der Waals surface area contributed by atoms with Crippen LogP contribution in [-0.2, 0) is 4.79 Å². The number of fused-ring (bicyclic) bond motifs is 4. The lowest BCUT2D eigenvalue weighted by atomic mass is 9.50. The second-order valence-corrected chi connectivity index (χ2v) is 8.82. The maximum absolute atomic E-state index is 11.9. The molecule has 2 nitrogen and oxygen atoms in total. The Labute approximate surface area is 139 Å². The van der Waals surface area contributed by atoms with E-state index in [1.54, 1.807) is 5.57 Å². The van der Waals surface area contributed by atoms with Gasteiger partial charge in [0, 0.05) is 18.3 Å².